The first-order valence-electron chi connectivity index (χ1n) is 8.39. The van der Waals surface area contributed by atoms with Gasteiger partial charge in [0.15, 0.2) is 0 Å². The van der Waals surface area contributed by atoms with Crippen molar-refractivity contribution in [2.75, 3.05) is 32.8 Å². The average molecular weight is 314 g/mol. The van der Waals surface area contributed by atoms with Crippen molar-refractivity contribution >= 4 is 5.91 Å². The minimum absolute atomic E-state index is 0.0527. The molecule has 2 unspecified atom stereocenters. The van der Waals surface area contributed by atoms with Gasteiger partial charge >= 0.3 is 0 Å². The molecule has 2 atom stereocenters. The third-order valence-corrected chi connectivity index (χ3v) is 4.62. The Kier molecular flexibility index (Phi) is 6.20. The predicted molar refractivity (Wildman–Crippen MR) is 83.5 cm³/mol. The third kappa shape index (κ3) is 4.91. The minimum atomic E-state index is -0.830. The fourth-order valence-electron chi connectivity index (χ4n) is 3.41. The van der Waals surface area contributed by atoms with Gasteiger partial charge in [0.1, 0.15) is 0 Å². The van der Waals surface area contributed by atoms with E-state index in [4.69, 9.17) is 4.74 Å². The predicted octanol–water partition coefficient (Wildman–Crippen LogP) is 0.125. The van der Waals surface area contributed by atoms with Crippen molar-refractivity contribution in [3.8, 4) is 0 Å². The van der Waals surface area contributed by atoms with E-state index in [1.807, 2.05) is 0 Å². The first-order valence-corrected chi connectivity index (χ1v) is 8.39. The van der Waals surface area contributed by atoms with E-state index in [-0.39, 0.29) is 11.9 Å². The molecule has 128 valence electrons. The van der Waals surface area contributed by atoms with Crippen molar-refractivity contribution in [3.05, 3.63) is 0 Å². The molecule has 2 aliphatic heterocycles. The zero-order valence-electron chi connectivity index (χ0n) is 13.8. The zero-order valence-corrected chi connectivity index (χ0v) is 13.8. The van der Waals surface area contributed by atoms with Crippen molar-refractivity contribution in [2.45, 2.75) is 57.3 Å². The zero-order chi connectivity index (χ0) is 16.2. The van der Waals surface area contributed by atoms with Crippen LogP contribution in [0.4, 0.5) is 0 Å². The highest BCUT2D eigenvalue weighted by Gasteiger charge is 2.35. The lowest BCUT2D eigenvalue weighted by Crippen LogP contribution is -2.57. The van der Waals surface area contributed by atoms with Crippen LogP contribution >= 0.6 is 0 Å². The summed E-state index contributed by atoms with van der Waals surface area (Å²) < 4.78 is 5.27. The number of nitrogens with zero attached hydrogens (tertiary/aromatic N) is 1. The fraction of sp³-hybridized carbons (Fsp3) is 0.938. The van der Waals surface area contributed by atoms with E-state index in [1.54, 1.807) is 0 Å². The smallest absolute Gasteiger partial charge is 0.237 e. The number of rotatable bonds is 6. The van der Waals surface area contributed by atoms with Gasteiger partial charge in [-0.15, -0.1) is 0 Å². The van der Waals surface area contributed by atoms with Gasteiger partial charge in [-0.3, -0.25) is 9.69 Å². The van der Waals surface area contributed by atoms with Crippen molar-refractivity contribution in [3.63, 3.8) is 0 Å². The maximum absolute atomic E-state index is 12.1. The van der Waals surface area contributed by atoms with Crippen molar-refractivity contribution < 1.29 is 19.7 Å². The van der Waals surface area contributed by atoms with E-state index < -0.39 is 11.7 Å². The molecule has 3 N–H and O–H groups in total. The summed E-state index contributed by atoms with van der Waals surface area (Å²) >= 11 is 0. The largest absolute Gasteiger partial charge is 0.392 e. The van der Waals surface area contributed by atoms with Gasteiger partial charge in [-0.05, 0) is 25.2 Å². The standard InChI is InChI=1S/C16H30N2O4/c1-12(2)9-14-15(20)17-5-6-18(14)11-13(19)10-16(21)3-7-22-8-4-16/h12-14,19,21H,3-11H2,1-2H3,(H,17,20). The minimum Gasteiger partial charge on any atom is -0.392 e. The summed E-state index contributed by atoms with van der Waals surface area (Å²) in [6.45, 7) is 7.10. The van der Waals surface area contributed by atoms with Crippen LogP contribution in [0.5, 0.6) is 0 Å². The Morgan fingerprint density at radius 2 is 2.09 bits per heavy atom. The molecule has 2 saturated heterocycles. The number of β-amino-alcohol motifs (C(OH)–C–C–N with tert-alkyl or cyclic N) is 1. The molecule has 2 rings (SSSR count). The average Bonchev–Trinajstić information content (AvgIpc) is 2.42. The van der Waals surface area contributed by atoms with Crippen LogP contribution in [-0.2, 0) is 9.53 Å². The molecule has 0 aromatic carbocycles. The number of carbonyl (C=O) groups is 1. The molecule has 6 heteroatoms. The second-order valence-electron chi connectivity index (χ2n) is 7.13. The Morgan fingerprint density at radius 3 is 2.73 bits per heavy atom. The molecule has 2 fully saturated rings. The van der Waals surface area contributed by atoms with E-state index in [2.05, 4.69) is 24.1 Å². The molecule has 2 aliphatic rings. The summed E-state index contributed by atoms with van der Waals surface area (Å²) in [6, 6.07) is -0.173. The van der Waals surface area contributed by atoms with Gasteiger partial charge in [0, 0.05) is 39.3 Å². The number of carbonyl (C=O) groups excluding carboxylic acids is 1. The third-order valence-electron chi connectivity index (χ3n) is 4.62. The lowest BCUT2D eigenvalue weighted by atomic mass is 9.88. The number of hydrogen-bond donors (Lipinski definition) is 3. The lowest BCUT2D eigenvalue weighted by Gasteiger charge is -2.39. The summed E-state index contributed by atoms with van der Waals surface area (Å²) in [5.41, 5.74) is -0.830. The molecule has 0 spiro atoms. The van der Waals surface area contributed by atoms with Crippen LogP contribution in [0.2, 0.25) is 0 Å². The van der Waals surface area contributed by atoms with Crippen LogP contribution in [0, 0.1) is 5.92 Å². The Labute approximate surface area is 132 Å². The Bertz CT molecular complexity index is 369. The molecule has 1 amide bonds. The molecule has 0 radical (unpaired) electrons. The maximum Gasteiger partial charge on any atom is 0.237 e. The lowest BCUT2D eigenvalue weighted by molar-refractivity contribution is -0.131. The van der Waals surface area contributed by atoms with E-state index in [0.29, 0.717) is 51.5 Å². The molecule has 6 nitrogen and oxygen atoms in total. The number of nitrogens with one attached hydrogen (secondary N) is 1. The van der Waals surface area contributed by atoms with Gasteiger partial charge < -0.3 is 20.3 Å². The van der Waals surface area contributed by atoms with Crippen LogP contribution in [0.15, 0.2) is 0 Å². The number of hydrogen-bond acceptors (Lipinski definition) is 5. The van der Waals surface area contributed by atoms with E-state index in [1.165, 1.54) is 0 Å². The molecular formula is C16H30N2O4. The molecule has 22 heavy (non-hydrogen) atoms. The molecule has 0 aromatic heterocycles. The van der Waals surface area contributed by atoms with Gasteiger partial charge in [-0.25, -0.2) is 0 Å². The summed E-state index contributed by atoms with van der Waals surface area (Å²) in [5, 5.41) is 23.8. The van der Waals surface area contributed by atoms with E-state index >= 15 is 0 Å². The summed E-state index contributed by atoms with van der Waals surface area (Å²) in [4.78, 5) is 14.1. The van der Waals surface area contributed by atoms with E-state index in [0.717, 1.165) is 13.0 Å². The number of amides is 1. The van der Waals surface area contributed by atoms with Gasteiger partial charge in [0.2, 0.25) is 5.91 Å². The SMILES string of the molecule is CC(C)CC1C(=O)NCCN1CC(O)CC1(O)CCOCC1. The second-order valence-corrected chi connectivity index (χ2v) is 7.13. The second kappa shape index (κ2) is 7.73. The molecule has 0 bridgehead atoms. The van der Waals surface area contributed by atoms with Crippen molar-refractivity contribution in [1.29, 1.82) is 0 Å². The normalized spacial score (nSPS) is 27.7. The topological polar surface area (TPSA) is 82.0 Å². The van der Waals surface area contributed by atoms with Crippen LogP contribution in [0.3, 0.4) is 0 Å². The van der Waals surface area contributed by atoms with Crippen molar-refractivity contribution in [2.24, 2.45) is 5.92 Å². The Balaban J connectivity index is 1.90. The quantitative estimate of drug-likeness (QED) is 0.649. The highest BCUT2D eigenvalue weighted by molar-refractivity contribution is 5.82. The highest BCUT2D eigenvalue weighted by Crippen LogP contribution is 2.26. The molecule has 0 saturated carbocycles. The fourth-order valence-corrected chi connectivity index (χ4v) is 3.41. The number of aliphatic hydroxyl groups is 2. The number of piperazine rings is 1. The maximum atomic E-state index is 12.1. The summed E-state index contributed by atoms with van der Waals surface area (Å²) in [7, 11) is 0. The highest BCUT2D eigenvalue weighted by atomic mass is 16.5. The first-order chi connectivity index (χ1) is 10.4. The van der Waals surface area contributed by atoms with Crippen LogP contribution in [0.25, 0.3) is 0 Å². The monoisotopic (exact) mass is 314 g/mol. The Hall–Kier alpha value is -0.690. The van der Waals surface area contributed by atoms with Crippen LogP contribution in [-0.4, -0.2) is 71.6 Å². The summed E-state index contributed by atoms with van der Waals surface area (Å²) in [5.74, 6) is 0.477. The van der Waals surface area contributed by atoms with Crippen LogP contribution in [0.1, 0.15) is 39.5 Å². The van der Waals surface area contributed by atoms with Gasteiger partial charge in [0.05, 0.1) is 17.7 Å². The van der Waals surface area contributed by atoms with Gasteiger partial charge in [-0.2, -0.15) is 0 Å². The molecular weight excluding hydrogens is 284 g/mol. The summed E-state index contributed by atoms with van der Waals surface area (Å²) in [6.07, 6.45) is 1.66. The molecule has 0 aliphatic carbocycles. The first kappa shape index (κ1) is 17.7. The van der Waals surface area contributed by atoms with Crippen molar-refractivity contribution in [1.82, 2.24) is 10.2 Å². The van der Waals surface area contributed by atoms with Crippen LogP contribution < -0.4 is 5.32 Å². The molecule has 2 heterocycles. The van der Waals surface area contributed by atoms with Gasteiger partial charge in [-0.1, -0.05) is 13.8 Å². The Morgan fingerprint density at radius 1 is 1.41 bits per heavy atom. The molecule has 0 aromatic rings. The van der Waals surface area contributed by atoms with Gasteiger partial charge in [0.25, 0.3) is 0 Å². The van der Waals surface area contributed by atoms with E-state index in [9.17, 15) is 15.0 Å². The number of ether oxygens (including phenoxy) is 1. The number of aliphatic hydroxyl groups excluding tert-OH is 1.